The van der Waals surface area contributed by atoms with Crippen LogP contribution in [0.2, 0.25) is 0 Å². The summed E-state index contributed by atoms with van der Waals surface area (Å²) in [6.45, 7) is 0. The molecule has 3 nitrogen and oxygen atoms in total. The number of rotatable bonds is 6. The van der Waals surface area contributed by atoms with Crippen molar-refractivity contribution in [2.24, 2.45) is 0 Å². The monoisotopic (exact) mass is 654 g/mol. The van der Waals surface area contributed by atoms with Gasteiger partial charge in [-0.1, -0.05) is 170 Å². The van der Waals surface area contributed by atoms with Crippen molar-refractivity contribution in [1.82, 2.24) is 15.0 Å². The molecule has 0 unspecified atom stereocenters. The molecule has 49 heavy (non-hydrogen) atoms. The van der Waals surface area contributed by atoms with Crippen LogP contribution in [0.3, 0.4) is 0 Å². The molecule has 2 aromatic heterocycles. The molecule has 9 aromatic rings. The summed E-state index contributed by atoms with van der Waals surface area (Å²) < 4.78 is 96.8. The highest BCUT2D eigenvalue weighted by atomic mass is 32.1. The summed E-state index contributed by atoms with van der Waals surface area (Å²) in [5.74, 6) is 0.525. The molecule has 7 aromatic carbocycles. The number of benzene rings is 7. The third-order valence-corrected chi connectivity index (χ3v) is 9.45. The van der Waals surface area contributed by atoms with Crippen molar-refractivity contribution >= 4 is 31.5 Å². The smallest absolute Gasteiger partial charge is 0.165 e. The molecule has 2 heterocycles. The van der Waals surface area contributed by atoms with E-state index in [4.69, 9.17) is 28.7 Å². The van der Waals surface area contributed by atoms with Gasteiger partial charge in [0.25, 0.3) is 0 Å². The van der Waals surface area contributed by atoms with Gasteiger partial charge in [0.15, 0.2) is 17.5 Å². The van der Waals surface area contributed by atoms with Crippen LogP contribution in [-0.2, 0) is 0 Å². The van der Waals surface area contributed by atoms with E-state index in [1.807, 2.05) is 109 Å². The second kappa shape index (κ2) is 12.4. The molecule has 0 aliphatic carbocycles. The van der Waals surface area contributed by atoms with Gasteiger partial charge in [-0.05, 0) is 39.4 Å². The van der Waals surface area contributed by atoms with Gasteiger partial charge < -0.3 is 0 Å². The largest absolute Gasteiger partial charge is 0.208 e. The van der Waals surface area contributed by atoms with Crippen LogP contribution in [0, 0.1) is 0 Å². The summed E-state index contributed by atoms with van der Waals surface area (Å²) in [5.41, 5.74) is 4.79. The molecule has 0 bridgehead atoms. The van der Waals surface area contributed by atoms with E-state index in [1.54, 1.807) is 0 Å². The Morgan fingerprint density at radius 2 is 0.776 bits per heavy atom. The summed E-state index contributed by atoms with van der Waals surface area (Å²) in [5, 5.41) is 0.0149. The molecule has 0 amide bonds. The fraction of sp³-hybridized carbons (Fsp3) is 0. The zero-order chi connectivity index (χ0) is 42.1. The van der Waals surface area contributed by atoms with Crippen molar-refractivity contribution in [2.45, 2.75) is 0 Å². The van der Waals surface area contributed by atoms with E-state index in [0.717, 1.165) is 33.6 Å². The fourth-order valence-electron chi connectivity index (χ4n) is 5.79. The highest BCUT2D eigenvalue weighted by Gasteiger charge is 2.18. The Bertz CT molecular complexity index is 3060. The zero-order valence-corrected chi connectivity index (χ0v) is 26.5. The van der Waals surface area contributed by atoms with E-state index in [2.05, 4.69) is 0 Å². The summed E-state index contributed by atoms with van der Waals surface area (Å²) in [4.78, 5) is 14.7. The maximum atomic E-state index is 9.28. The zero-order valence-electron chi connectivity index (χ0n) is 36.6. The molecule has 0 saturated heterocycles. The Hall–Kier alpha value is -6.23. The quantitative estimate of drug-likeness (QED) is 0.179. The highest BCUT2D eigenvalue weighted by Crippen LogP contribution is 2.43. The number of hydrogen-bond donors (Lipinski definition) is 0. The number of hydrogen-bond acceptors (Lipinski definition) is 4. The summed E-state index contributed by atoms with van der Waals surface area (Å²) in [7, 11) is 0. The van der Waals surface area contributed by atoms with Crippen molar-refractivity contribution in [1.29, 1.82) is 0 Å². The predicted octanol–water partition coefficient (Wildman–Crippen LogP) is 12.2. The van der Waals surface area contributed by atoms with E-state index in [9.17, 15) is 1.37 Å². The third-order valence-electron chi connectivity index (χ3n) is 8.22. The van der Waals surface area contributed by atoms with Gasteiger partial charge in [-0.25, -0.2) is 15.0 Å². The maximum absolute atomic E-state index is 9.28. The number of fused-ring (bicyclic) bond motifs is 3. The molecule has 0 N–H and O–H groups in total. The van der Waals surface area contributed by atoms with Gasteiger partial charge in [-0.15, -0.1) is 11.3 Å². The van der Waals surface area contributed by atoms with E-state index >= 15 is 0 Å². The average molecular weight is 655 g/mol. The van der Waals surface area contributed by atoms with Crippen LogP contribution in [0.15, 0.2) is 176 Å². The molecule has 0 spiro atoms. The SMILES string of the molecule is [2H]c1c([2H])c([2H])c(-c2c([2H])c([2H])c([2H])c3c2sc2c(-c4nc(-c5ccc(-c6ccccc6)cc5)nc(-c5ccc(-c6ccccc6)cc5)n4)c([2H])c([2H])c([2H])c23)c([2H])c1[2H]. The lowest BCUT2D eigenvalue weighted by Crippen LogP contribution is -2.00. The molecule has 0 radical (unpaired) electrons. The Labute approximate surface area is 304 Å². The molecule has 0 aliphatic heterocycles. The lowest BCUT2D eigenvalue weighted by molar-refractivity contribution is 1.08. The van der Waals surface area contributed by atoms with Crippen LogP contribution in [0.1, 0.15) is 15.1 Å². The molecule has 230 valence electrons. The van der Waals surface area contributed by atoms with Crippen LogP contribution >= 0.6 is 11.3 Å². The first-order chi connectivity index (χ1) is 28.8. The van der Waals surface area contributed by atoms with Gasteiger partial charge >= 0.3 is 0 Å². The fourth-order valence-corrected chi connectivity index (χ4v) is 7.00. The van der Waals surface area contributed by atoms with Crippen LogP contribution in [0.5, 0.6) is 0 Å². The molecular weight excluding hydrogens is 615 g/mol. The van der Waals surface area contributed by atoms with Crippen LogP contribution in [-0.4, -0.2) is 15.0 Å². The minimum absolute atomic E-state index is 0.00240. The van der Waals surface area contributed by atoms with E-state index < -0.39 is 60.4 Å². The van der Waals surface area contributed by atoms with Crippen molar-refractivity contribution < 1.29 is 15.1 Å². The molecule has 0 atom stereocenters. The third kappa shape index (κ3) is 5.48. The van der Waals surface area contributed by atoms with Crippen LogP contribution in [0.25, 0.3) is 87.7 Å². The first-order valence-electron chi connectivity index (χ1n) is 21.0. The van der Waals surface area contributed by atoms with E-state index in [0.29, 0.717) is 11.1 Å². The Morgan fingerprint density at radius 3 is 1.31 bits per heavy atom. The Morgan fingerprint density at radius 1 is 0.347 bits per heavy atom. The van der Waals surface area contributed by atoms with Gasteiger partial charge in [0.1, 0.15) is 0 Å². The molecule has 0 aliphatic rings. The summed E-state index contributed by atoms with van der Waals surface area (Å²) in [6.07, 6.45) is 0. The van der Waals surface area contributed by atoms with Gasteiger partial charge in [0.05, 0.1) is 15.1 Å². The Balaban J connectivity index is 1.33. The van der Waals surface area contributed by atoms with Crippen LogP contribution < -0.4 is 0 Å². The van der Waals surface area contributed by atoms with Crippen molar-refractivity contribution in [3.63, 3.8) is 0 Å². The van der Waals surface area contributed by atoms with Crippen molar-refractivity contribution in [3.8, 4) is 67.5 Å². The first kappa shape index (κ1) is 19.6. The molecule has 9 rings (SSSR count). The minimum Gasteiger partial charge on any atom is -0.208 e. The second-order valence-corrected chi connectivity index (χ2v) is 12.2. The maximum Gasteiger partial charge on any atom is 0.165 e. The number of aromatic nitrogens is 3. The first-order valence-corrected chi connectivity index (χ1v) is 16.3. The van der Waals surface area contributed by atoms with Crippen molar-refractivity contribution in [2.75, 3.05) is 0 Å². The summed E-state index contributed by atoms with van der Waals surface area (Å²) >= 11 is 0.931. The Kier molecular flexibility index (Phi) is 4.96. The number of nitrogens with zero attached hydrogens (tertiary/aromatic N) is 3. The lowest BCUT2D eigenvalue weighted by atomic mass is 10.0. The van der Waals surface area contributed by atoms with Crippen LogP contribution in [0.4, 0.5) is 0 Å². The normalized spacial score (nSPS) is 14.4. The van der Waals surface area contributed by atoms with Gasteiger partial charge in [0.2, 0.25) is 0 Å². The lowest BCUT2D eigenvalue weighted by Gasteiger charge is -2.10. The van der Waals surface area contributed by atoms with Gasteiger partial charge in [0, 0.05) is 36.9 Å². The second-order valence-electron chi connectivity index (χ2n) is 11.2. The molecular formula is C45H29N3S. The van der Waals surface area contributed by atoms with Gasteiger partial charge in [-0.2, -0.15) is 0 Å². The van der Waals surface area contributed by atoms with Gasteiger partial charge in [-0.3, -0.25) is 0 Å². The number of thiophene rings is 1. The topological polar surface area (TPSA) is 38.7 Å². The minimum atomic E-state index is -0.635. The highest BCUT2D eigenvalue weighted by molar-refractivity contribution is 7.26. The average Bonchev–Trinajstić information content (AvgIpc) is 3.68. The van der Waals surface area contributed by atoms with E-state index in [1.165, 1.54) is 0 Å². The van der Waals surface area contributed by atoms with E-state index in [-0.39, 0.29) is 60.4 Å². The standard InChI is InChI=1S/C45H29N3S/c1-4-12-30(13-5-1)32-22-26-35(27-23-32)43-46-44(36-28-24-33(25-29-36)31-14-6-2-7-15-31)48-45(47-43)40-21-11-20-39-38-19-10-18-37(41(38)49-42(39)40)34-16-8-3-9-17-34/h1-29H/i3D,8D,9D,10D,11D,16D,17D,18D,19D,20D,21D. The summed E-state index contributed by atoms with van der Waals surface area (Å²) in [6, 6.07) is 29.1. The molecule has 0 fully saturated rings. The van der Waals surface area contributed by atoms with Crippen molar-refractivity contribution in [3.05, 3.63) is 176 Å². The predicted molar refractivity (Wildman–Crippen MR) is 205 cm³/mol. The molecule has 0 saturated carbocycles. The molecule has 4 heteroatoms.